The molecule has 0 radical (unpaired) electrons. The van der Waals surface area contributed by atoms with Gasteiger partial charge in [0.05, 0.1) is 24.0 Å². The molecule has 6 N–H and O–H groups in total. The summed E-state index contributed by atoms with van der Waals surface area (Å²) >= 11 is 0. The van der Waals surface area contributed by atoms with Crippen LogP contribution in [0.4, 0.5) is 0 Å². The number of Topliss-reactive ketones (excluding diaryl/α,β-unsaturated/α-hetero) is 2. The van der Waals surface area contributed by atoms with Gasteiger partial charge < -0.3 is 35.4 Å². The molecule has 0 aliphatic heterocycles. The molecule has 14 atom stereocenters. The van der Waals surface area contributed by atoms with E-state index in [4.69, 9.17) is 4.74 Å². The maximum absolute atomic E-state index is 14.3. The summed E-state index contributed by atoms with van der Waals surface area (Å²) in [6, 6.07) is 0. The van der Waals surface area contributed by atoms with Crippen molar-refractivity contribution in [3.63, 3.8) is 0 Å². The predicted molar refractivity (Wildman–Crippen MR) is 199 cm³/mol. The number of hydrogen-bond acceptors (Lipinski definition) is 12. The lowest BCUT2D eigenvalue weighted by Gasteiger charge is -2.60. The van der Waals surface area contributed by atoms with Crippen LogP contribution in [0.25, 0.3) is 0 Å². The van der Waals surface area contributed by atoms with Gasteiger partial charge in [0.15, 0.2) is 23.1 Å². The summed E-state index contributed by atoms with van der Waals surface area (Å²) in [5.74, 6) is -4.11. The number of ether oxygens (including phenoxy) is 1. The molecule has 6 saturated carbocycles. The highest BCUT2D eigenvalue weighted by Gasteiger charge is 2.70. The Bertz CT molecular complexity index is 1790. The van der Waals surface area contributed by atoms with E-state index in [0.717, 1.165) is 11.1 Å². The lowest BCUT2D eigenvalue weighted by molar-refractivity contribution is -0.182. The van der Waals surface area contributed by atoms with Gasteiger partial charge in [-0.3, -0.25) is 24.0 Å². The molecule has 0 bridgehead atoms. The molecule has 0 amide bonds. The highest BCUT2D eigenvalue weighted by atomic mass is 16.5. The van der Waals surface area contributed by atoms with E-state index in [0.29, 0.717) is 44.1 Å². The SMILES string of the molecule is C[C@@]12C(=CC(=O)C=C1CC(=O)OC1=CC(=O)C=C3CC[C@@H]4[C@H]([C@@H](O)C[C@@]5(C)[C@H]4CC[C@]5(O)C(=O)CO)[C@]31C)CC[C@@H]1[C@@H]2[C@@H](O)C[C@@]2(C)[C@H]1CC[C@]2(O)C(=O)CO. The van der Waals surface area contributed by atoms with E-state index < -0.39 is 87.7 Å². The number of ketones is 4. The van der Waals surface area contributed by atoms with Gasteiger partial charge in [0.25, 0.3) is 0 Å². The lowest BCUT2D eigenvalue weighted by atomic mass is 9.44. The van der Waals surface area contributed by atoms with Gasteiger partial charge in [-0.05, 0) is 119 Å². The topological polar surface area (TPSA) is 216 Å². The van der Waals surface area contributed by atoms with Crippen LogP contribution in [0.5, 0.6) is 0 Å². The summed E-state index contributed by atoms with van der Waals surface area (Å²) in [7, 11) is 0. The molecule has 0 aromatic heterocycles. The van der Waals surface area contributed by atoms with E-state index in [9.17, 15) is 54.6 Å². The van der Waals surface area contributed by atoms with Gasteiger partial charge >= 0.3 is 5.97 Å². The first-order valence-electron chi connectivity index (χ1n) is 20.5. The fourth-order valence-corrected chi connectivity index (χ4v) is 14.8. The minimum atomic E-state index is -1.78. The first-order valence-corrected chi connectivity index (χ1v) is 20.5. The molecule has 12 nitrogen and oxygen atoms in total. The molecule has 8 aliphatic rings. The Labute approximate surface area is 326 Å². The van der Waals surface area contributed by atoms with E-state index in [1.165, 1.54) is 12.2 Å². The largest absolute Gasteiger partial charge is 0.430 e. The van der Waals surface area contributed by atoms with Gasteiger partial charge in [-0.2, -0.15) is 0 Å². The van der Waals surface area contributed by atoms with Crippen LogP contribution in [0.1, 0.15) is 98.3 Å². The molecular weight excluding hydrogens is 720 g/mol. The monoisotopic (exact) mass is 776 g/mol. The Morgan fingerprint density at radius 2 is 1.12 bits per heavy atom. The summed E-state index contributed by atoms with van der Waals surface area (Å²) in [6.45, 7) is 5.88. The molecule has 0 aromatic rings. The minimum Gasteiger partial charge on any atom is -0.430 e. The van der Waals surface area contributed by atoms with E-state index >= 15 is 0 Å². The Kier molecular flexibility index (Phi) is 9.17. The zero-order valence-corrected chi connectivity index (χ0v) is 32.8. The summed E-state index contributed by atoms with van der Waals surface area (Å²) in [5.41, 5.74) is -5.46. The maximum Gasteiger partial charge on any atom is 0.315 e. The average Bonchev–Trinajstić information content (AvgIpc) is 3.57. The number of aliphatic hydroxyl groups is 6. The summed E-state index contributed by atoms with van der Waals surface area (Å²) in [4.78, 5) is 66.5. The molecule has 56 heavy (non-hydrogen) atoms. The third kappa shape index (κ3) is 5.01. The summed E-state index contributed by atoms with van der Waals surface area (Å²) in [6.07, 6.45) is 7.34. The number of fused-ring (bicyclic) bond motifs is 10. The first-order chi connectivity index (χ1) is 26.2. The molecule has 8 rings (SSSR count). The highest BCUT2D eigenvalue weighted by molar-refractivity contribution is 6.03. The quantitative estimate of drug-likeness (QED) is 0.206. The first kappa shape index (κ1) is 39.7. The van der Waals surface area contributed by atoms with E-state index in [-0.39, 0.29) is 73.1 Å². The molecule has 0 unspecified atom stereocenters. The van der Waals surface area contributed by atoms with Crippen LogP contribution in [-0.2, 0) is 28.7 Å². The molecule has 8 aliphatic carbocycles. The zero-order valence-electron chi connectivity index (χ0n) is 32.8. The van der Waals surface area contributed by atoms with Gasteiger partial charge in [0, 0.05) is 34.2 Å². The Balaban J connectivity index is 1.08. The van der Waals surface area contributed by atoms with Crippen molar-refractivity contribution in [3.8, 4) is 0 Å². The number of carbonyl (C=O) groups is 5. The second-order valence-electron chi connectivity index (χ2n) is 19.4. The second-order valence-corrected chi connectivity index (χ2v) is 19.4. The molecule has 12 heteroatoms. The third-order valence-corrected chi connectivity index (χ3v) is 17.5. The van der Waals surface area contributed by atoms with Crippen LogP contribution in [0.3, 0.4) is 0 Å². The van der Waals surface area contributed by atoms with Crippen molar-refractivity contribution in [1.29, 1.82) is 0 Å². The third-order valence-electron chi connectivity index (χ3n) is 17.5. The molecule has 304 valence electrons. The van der Waals surface area contributed by atoms with Gasteiger partial charge in [-0.1, -0.05) is 31.9 Å². The Hall–Kier alpha value is -3.13. The standard InChI is InChI=1S/C44H56O12/c1-39-18-31(49)37-27(29(39)9-11-43(39,54)33(51)20-45)7-5-22-13-25(47)15-24(41(22,37)3)16-36(53)56-35-17-26(48)14-23-6-8-28-30-10-12-44(55,34(52)21-46)40(30,2)19-32(50)38(28)42(23,35)4/h13-15,17,27-32,37-38,45-46,49-50,54-55H,5-12,16,18-21H2,1-4H3/t27-,28-,29-,30-,31-,32-,37+,38+,39-,40-,41+,42+,43-,44-/m0/s1. The molecule has 0 saturated heterocycles. The average molecular weight is 777 g/mol. The van der Waals surface area contributed by atoms with Crippen molar-refractivity contribution in [1.82, 2.24) is 0 Å². The molecule has 0 heterocycles. The number of aliphatic hydroxyl groups excluding tert-OH is 4. The normalized spacial score (nSPS) is 47.8. The summed E-state index contributed by atoms with van der Waals surface area (Å²) in [5, 5.41) is 66.8. The van der Waals surface area contributed by atoms with Crippen molar-refractivity contribution in [2.24, 2.45) is 57.2 Å². The van der Waals surface area contributed by atoms with Gasteiger partial charge in [0.1, 0.15) is 30.2 Å². The van der Waals surface area contributed by atoms with Crippen LogP contribution in [0.2, 0.25) is 0 Å². The van der Waals surface area contributed by atoms with Crippen molar-refractivity contribution in [2.75, 3.05) is 13.2 Å². The van der Waals surface area contributed by atoms with Crippen molar-refractivity contribution < 1.29 is 59.3 Å². The number of rotatable bonds is 7. The molecule has 0 aromatic carbocycles. The smallest absolute Gasteiger partial charge is 0.315 e. The van der Waals surface area contributed by atoms with Gasteiger partial charge in [-0.15, -0.1) is 0 Å². The lowest BCUT2D eigenvalue weighted by Crippen LogP contribution is -2.62. The number of carbonyl (C=O) groups excluding carboxylic acids is 5. The van der Waals surface area contributed by atoms with Crippen LogP contribution in [0, 0.1) is 57.2 Å². The van der Waals surface area contributed by atoms with Gasteiger partial charge in [0.2, 0.25) is 0 Å². The minimum absolute atomic E-state index is 0.0814. The fraction of sp³-hybridized carbons (Fsp3) is 0.705. The number of esters is 1. The predicted octanol–water partition coefficient (Wildman–Crippen LogP) is 2.76. The van der Waals surface area contributed by atoms with Crippen molar-refractivity contribution >= 4 is 29.1 Å². The molecular formula is C44H56O12. The number of hydrogen-bond donors (Lipinski definition) is 6. The van der Waals surface area contributed by atoms with E-state index in [2.05, 4.69) is 0 Å². The second kappa shape index (κ2) is 12.9. The van der Waals surface area contributed by atoms with Crippen molar-refractivity contribution in [3.05, 3.63) is 46.8 Å². The fourth-order valence-electron chi connectivity index (χ4n) is 14.8. The van der Waals surface area contributed by atoms with Crippen LogP contribution < -0.4 is 0 Å². The molecule has 0 spiro atoms. The molecule has 6 fully saturated rings. The maximum atomic E-state index is 14.3. The Morgan fingerprint density at radius 3 is 1.61 bits per heavy atom. The summed E-state index contributed by atoms with van der Waals surface area (Å²) < 4.78 is 6.23. The van der Waals surface area contributed by atoms with E-state index in [1.807, 2.05) is 27.7 Å². The van der Waals surface area contributed by atoms with Crippen LogP contribution in [-0.4, -0.2) is 96.4 Å². The highest BCUT2D eigenvalue weighted by Crippen LogP contribution is 2.70. The Morgan fingerprint density at radius 1 is 0.679 bits per heavy atom. The van der Waals surface area contributed by atoms with Crippen molar-refractivity contribution in [2.45, 2.75) is 122 Å². The number of allylic oxidation sites excluding steroid dienone is 6. The van der Waals surface area contributed by atoms with Crippen LogP contribution >= 0.6 is 0 Å². The van der Waals surface area contributed by atoms with Gasteiger partial charge in [-0.25, -0.2) is 0 Å². The van der Waals surface area contributed by atoms with E-state index in [1.54, 1.807) is 12.2 Å². The van der Waals surface area contributed by atoms with Crippen LogP contribution in [0.15, 0.2) is 46.8 Å². The zero-order chi connectivity index (χ0) is 40.5.